The molecule has 2 aromatic rings. The number of imidazole rings is 1. The normalized spacial score (nSPS) is 30.2. The van der Waals surface area contributed by atoms with Crippen LogP contribution in [0.2, 0.25) is 0 Å². The lowest BCUT2D eigenvalue weighted by molar-refractivity contribution is -0.138. The first-order valence-electron chi connectivity index (χ1n) is 11.1. The second-order valence-electron chi connectivity index (χ2n) is 9.44. The third-order valence-electron chi connectivity index (χ3n) is 7.64. The van der Waals surface area contributed by atoms with Crippen molar-refractivity contribution in [3.8, 4) is 11.5 Å². The van der Waals surface area contributed by atoms with Crippen LogP contribution in [0.3, 0.4) is 0 Å². The molecule has 6 heteroatoms. The zero-order valence-electron chi connectivity index (χ0n) is 18.0. The fourth-order valence-electron chi connectivity index (χ4n) is 6.54. The fraction of sp³-hybridized carbons (Fsp3) is 0.583. The molecule has 1 unspecified atom stereocenters. The number of carbonyl (C=O) groups excluding carboxylic acids is 1. The van der Waals surface area contributed by atoms with Gasteiger partial charge >= 0.3 is 0 Å². The quantitative estimate of drug-likeness (QED) is 0.790. The van der Waals surface area contributed by atoms with Crippen LogP contribution < -0.4 is 14.8 Å². The summed E-state index contributed by atoms with van der Waals surface area (Å²) in [4.78, 5) is 18.2. The topological polar surface area (TPSA) is 65.4 Å². The maximum absolute atomic E-state index is 13.6. The molecule has 1 aromatic carbocycles. The van der Waals surface area contributed by atoms with Crippen LogP contribution in [-0.2, 0) is 11.8 Å². The number of aryl methyl sites for hydroxylation is 1. The van der Waals surface area contributed by atoms with Gasteiger partial charge in [0.1, 0.15) is 23.4 Å². The third-order valence-corrected chi connectivity index (χ3v) is 7.64. The summed E-state index contributed by atoms with van der Waals surface area (Å²) in [6, 6.07) is 5.41. The minimum absolute atomic E-state index is 0.132. The molecule has 30 heavy (non-hydrogen) atoms. The first-order chi connectivity index (χ1) is 14.6. The van der Waals surface area contributed by atoms with Crippen LogP contribution in [0.5, 0.6) is 11.5 Å². The number of hydrogen-bond donors (Lipinski definition) is 1. The van der Waals surface area contributed by atoms with E-state index in [0.29, 0.717) is 23.3 Å². The molecular formula is C24H31N3O3. The second-order valence-corrected chi connectivity index (χ2v) is 9.44. The van der Waals surface area contributed by atoms with Crippen LogP contribution in [0.25, 0.3) is 0 Å². The van der Waals surface area contributed by atoms with Crippen molar-refractivity contribution < 1.29 is 14.3 Å². The average Bonchev–Trinajstić information content (AvgIpc) is 3.16. The van der Waals surface area contributed by atoms with Crippen molar-refractivity contribution in [1.82, 2.24) is 14.9 Å². The minimum atomic E-state index is -0.348. The molecule has 4 saturated carbocycles. The number of methoxy groups -OCH3 is 2. The Morgan fingerprint density at radius 3 is 2.13 bits per heavy atom. The highest BCUT2D eigenvalue weighted by Crippen LogP contribution is 2.56. The highest BCUT2D eigenvalue weighted by Gasteiger charge is 2.51. The van der Waals surface area contributed by atoms with Crippen molar-refractivity contribution in [3.05, 3.63) is 42.0 Å². The number of carbonyl (C=O) groups is 1. The molecule has 160 valence electrons. The SMILES string of the molecule is COc1cc(OC)cc(C(NC(=O)C2C3CC4CC(C3)CC2C4)c2nccn2C)c1. The molecule has 1 heterocycles. The molecule has 4 aliphatic rings. The second kappa shape index (κ2) is 7.64. The van der Waals surface area contributed by atoms with Crippen molar-refractivity contribution in [2.75, 3.05) is 14.2 Å². The summed E-state index contributed by atoms with van der Waals surface area (Å²) in [5.74, 6) is 5.31. The van der Waals surface area contributed by atoms with E-state index in [1.165, 1.54) is 32.1 Å². The lowest BCUT2D eigenvalue weighted by Gasteiger charge is -2.53. The van der Waals surface area contributed by atoms with Gasteiger partial charge in [-0.2, -0.15) is 0 Å². The van der Waals surface area contributed by atoms with Crippen LogP contribution in [0.1, 0.15) is 49.5 Å². The Bertz CT molecular complexity index is 887. The van der Waals surface area contributed by atoms with Gasteiger partial charge in [0.15, 0.2) is 0 Å². The van der Waals surface area contributed by atoms with Gasteiger partial charge in [0.05, 0.1) is 14.2 Å². The average molecular weight is 410 g/mol. The van der Waals surface area contributed by atoms with Crippen molar-refractivity contribution in [2.24, 2.45) is 36.6 Å². The van der Waals surface area contributed by atoms with Gasteiger partial charge in [0, 0.05) is 31.4 Å². The van der Waals surface area contributed by atoms with Gasteiger partial charge in [-0.1, -0.05) is 0 Å². The molecule has 4 fully saturated rings. The van der Waals surface area contributed by atoms with Gasteiger partial charge < -0.3 is 19.4 Å². The van der Waals surface area contributed by atoms with E-state index in [9.17, 15) is 4.79 Å². The highest BCUT2D eigenvalue weighted by molar-refractivity contribution is 5.80. The highest BCUT2D eigenvalue weighted by atomic mass is 16.5. The number of benzene rings is 1. The third kappa shape index (κ3) is 3.36. The van der Waals surface area contributed by atoms with E-state index in [4.69, 9.17) is 9.47 Å². The Morgan fingerprint density at radius 2 is 1.63 bits per heavy atom. The maximum Gasteiger partial charge on any atom is 0.224 e. The van der Waals surface area contributed by atoms with Gasteiger partial charge in [-0.25, -0.2) is 4.98 Å². The smallest absolute Gasteiger partial charge is 0.224 e. The molecule has 1 aromatic heterocycles. The summed E-state index contributed by atoms with van der Waals surface area (Å²) in [6.45, 7) is 0. The first kappa shape index (κ1) is 19.5. The molecule has 1 atom stereocenters. The lowest BCUT2D eigenvalue weighted by atomic mass is 9.51. The molecule has 6 rings (SSSR count). The van der Waals surface area contributed by atoms with Crippen molar-refractivity contribution in [3.63, 3.8) is 0 Å². The molecular weight excluding hydrogens is 378 g/mol. The van der Waals surface area contributed by atoms with Gasteiger partial charge in [0.25, 0.3) is 0 Å². The first-order valence-corrected chi connectivity index (χ1v) is 11.1. The summed E-state index contributed by atoms with van der Waals surface area (Å²) >= 11 is 0. The Hall–Kier alpha value is -2.50. The monoisotopic (exact) mass is 409 g/mol. The Labute approximate surface area is 178 Å². The van der Waals surface area contributed by atoms with Crippen LogP contribution >= 0.6 is 0 Å². The van der Waals surface area contributed by atoms with Crippen LogP contribution in [0.4, 0.5) is 0 Å². The number of nitrogens with zero attached hydrogens (tertiary/aromatic N) is 2. The largest absolute Gasteiger partial charge is 0.497 e. The number of nitrogens with one attached hydrogen (secondary N) is 1. The maximum atomic E-state index is 13.6. The number of hydrogen-bond acceptors (Lipinski definition) is 4. The summed E-state index contributed by atoms with van der Waals surface area (Å²) < 4.78 is 12.9. The van der Waals surface area contributed by atoms with E-state index < -0.39 is 0 Å². The number of amides is 1. The van der Waals surface area contributed by atoms with E-state index in [0.717, 1.165) is 23.2 Å². The number of ether oxygens (including phenoxy) is 2. The van der Waals surface area contributed by atoms with Gasteiger partial charge in [-0.15, -0.1) is 0 Å². The molecule has 0 saturated heterocycles. The molecule has 4 aliphatic carbocycles. The predicted octanol–water partition coefficient (Wildman–Crippen LogP) is 3.72. The molecule has 0 aliphatic heterocycles. The number of rotatable bonds is 6. The lowest BCUT2D eigenvalue weighted by Crippen LogP contribution is -2.51. The number of aromatic nitrogens is 2. The van der Waals surface area contributed by atoms with Crippen molar-refractivity contribution in [2.45, 2.75) is 38.1 Å². The van der Waals surface area contributed by atoms with E-state index >= 15 is 0 Å². The predicted molar refractivity (Wildman–Crippen MR) is 113 cm³/mol. The van der Waals surface area contributed by atoms with Crippen molar-refractivity contribution >= 4 is 5.91 Å². The molecule has 0 spiro atoms. The summed E-state index contributed by atoms with van der Waals surface area (Å²) in [5.41, 5.74) is 0.915. The Kier molecular flexibility index (Phi) is 4.95. The molecule has 6 nitrogen and oxygen atoms in total. The Balaban J connectivity index is 1.46. The standard InChI is InChI=1S/C24H31N3O3/c1-27-5-4-25-23(27)22(18-11-19(29-2)13-20(12-18)30-3)26-24(28)21-16-7-14-6-15(9-16)10-17(21)8-14/h4-5,11-17,21-22H,6-10H2,1-3H3,(H,26,28). The van der Waals surface area contributed by atoms with E-state index in [2.05, 4.69) is 10.3 Å². The van der Waals surface area contributed by atoms with Crippen molar-refractivity contribution in [1.29, 1.82) is 0 Å². The molecule has 4 bridgehead atoms. The summed E-state index contributed by atoms with van der Waals surface area (Å²) in [6.07, 6.45) is 9.98. The van der Waals surface area contributed by atoms with E-state index in [1.807, 2.05) is 36.0 Å². The zero-order chi connectivity index (χ0) is 20.8. The van der Waals surface area contributed by atoms with Crippen LogP contribution in [-0.4, -0.2) is 29.7 Å². The van der Waals surface area contributed by atoms with E-state index in [-0.39, 0.29) is 17.9 Å². The van der Waals surface area contributed by atoms with Gasteiger partial charge in [-0.3, -0.25) is 4.79 Å². The fourth-order valence-corrected chi connectivity index (χ4v) is 6.54. The molecule has 1 N–H and O–H groups in total. The van der Waals surface area contributed by atoms with Gasteiger partial charge in [-0.05, 0) is 73.5 Å². The minimum Gasteiger partial charge on any atom is -0.497 e. The summed E-state index contributed by atoms with van der Waals surface area (Å²) in [7, 11) is 5.24. The summed E-state index contributed by atoms with van der Waals surface area (Å²) in [5, 5.41) is 3.37. The van der Waals surface area contributed by atoms with Crippen LogP contribution in [0.15, 0.2) is 30.6 Å². The van der Waals surface area contributed by atoms with Gasteiger partial charge in [0.2, 0.25) is 5.91 Å². The molecule has 1 amide bonds. The Morgan fingerprint density at radius 1 is 1.03 bits per heavy atom. The molecule has 0 radical (unpaired) electrons. The van der Waals surface area contributed by atoms with Crippen LogP contribution in [0, 0.1) is 29.6 Å². The van der Waals surface area contributed by atoms with E-state index in [1.54, 1.807) is 20.4 Å². The zero-order valence-corrected chi connectivity index (χ0v) is 18.0.